The molecule has 0 aliphatic rings. The lowest BCUT2D eigenvalue weighted by atomic mass is 10.0. The number of nitrogens with zero attached hydrogens (tertiary/aromatic N) is 1. The molecule has 3 atom stereocenters. The minimum Gasteiger partial charge on any atom is -0.456 e. The van der Waals surface area contributed by atoms with Crippen LogP contribution >= 0.6 is 7.82 Å². The van der Waals surface area contributed by atoms with Gasteiger partial charge in [0.15, 0.2) is 0 Å². The van der Waals surface area contributed by atoms with Crippen LogP contribution in [0.25, 0.3) is 0 Å². The predicted octanol–water partition coefficient (Wildman–Crippen LogP) is 22.3. The fourth-order valence-electron chi connectivity index (χ4n) is 10.2. The van der Waals surface area contributed by atoms with Crippen molar-refractivity contribution in [2.45, 2.75) is 341 Å². The Balaban J connectivity index is 5.03. The molecule has 0 aromatic carbocycles. The second-order valence-electron chi connectivity index (χ2n) is 25.0. The first kappa shape index (κ1) is 80.5. The van der Waals surface area contributed by atoms with Gasteiger partial charge >= 0.3 is 13.8 Å². The molecule has 0 saturated heterocycles. The highest BCUT2D eigenvalue weighted by molar-refractivity contribution is 7.47. The largest absolute Gasteiger partial charge is 0.472 e. The van der Waals surface area contributed by atoms with Gasteiger partial charge in [-0.25, -0.2) is 4.57 Å². The number of carbonyl (C=O) groups is 2. The summed E-state index contributed by atoms with van der Waals surface area (Å²) in [7, 11) is 1.49. The molecule has 484 valence electrons. The van der Waals surface area contributed by atoms with E-state index in [9.17, 15) is 19.0 Å². The van der Waals surface area contributed by atoms with Crippen molar-refractivity contribution in [2.75, 3.05) is 40.9 Å². The van der Waals surface area contributed by atoms with Crippen LogP contribution < -0.4 is 5.32 Å². The zero-order chi connectivity index (χ0) is 60.7. The van der Waals surface area contributed by atoms with E-state index in [1.807, 2.05) is 33.3 Å². The van der Waals surface area contributed by atoms with Crippen molar-refractivity contribution in [3.05, 3.63) is 72.9 Å². The van der Waals surface area contributed by atoms with Crippen molar-refractivity contribution in [3.63, 3.8) is 0 Å². The lowest BCUT2D eigenvalue weighted by Crippen LogP contribution is -2.47. The van der Waals surface area contributed by atoms with Crippen molar-refractivity contribution < 1.29 is 37.3 Å². The molecular formula is C73H136N2O7P+. The van der Waals surface area contributed by atoms with Crippen molar-refractivity contribution in [1.29, 1.82) is 0 Å². The Hall–Kier alpha value is -2.55. The van der Waals surface area contributed by atoms with Crippen molar-refractivity contribution in [1.82, 2.24) is 5.32 Å². The number of amides is 1. The van der Waals surface area contributed by atoms with Crippen LogP contribution in [0.1, 0.15) is 329 Å². The van der Waals surface area contributed by atoms with Gasteiger partial charge in [-0.3, -0.25) is 18.6 Å². The standard InChI is InChI=1S/C73H135N2O7P/c1-7-10-13-16-19-22-25-27-29-31-33-35-36-37-38-40-42-44-46-48-51-54-57-60-63-66-73(77)82-71(64-61-58-55-52-49-24-21-18-15-12-9-3)70(69-81-83(78,79)80-68-67-75(4,5)6)74-72(76)65-62-59-56-53-50-47-45-43-41-39-34-32-30-28-26-23-20-17-14-11-8-2/h19-20,22-23,27-30,34,39,61,64,70-71H,7-18,21,24-26,31-33,35-38,40-60,62-63,65-69H2,1-6H3,(H-,74,76,78,79)/p+1/b22-19-,23-20-,29-27-,30-28-,39-34-,64-61+. The molecule has 0 spiro atoms. The molecular weight excluding hydrogens is 1050 g/mol. The molecule has 9 nitrogen and oxygen atoms in total. The average molecular weight is 1180 g/mol. The van der Waals surface area contributed by atoms with Gasteiger partial charge in [0.1, 0.15) is 19.3 Å². The Morgan fingerprint density at radius 3 is 1.12 bits per heavy atom. The Morgan fingerprint density at radius 1 is 0.422 bits per heavy atom. The molecule has 1 amide bonds. The number of quaternary nitrogens is 1. The third kappa shape index (κ3) is 63.8. The topological polar surface area (TPSA) is 111 Å². The lowest BCUT2D eigenvalue weighted by Gasteiger charge is -2.27. The molecule has 2 N–H and O–H groups in total. The highest BCUT2D eigenvalue weighted by Gasteiger charge is 2.30. The molecule has 0 aromatic rings. The molecule has 0 aliphatic heterocycles. The van der Waals surface area contributed by atoms with Gasteiger partial charge in [-0.2, -0.15) is 0 Å². The quantitative estimate of drug-likeness (QED) is 0.0205. The minimum absolute atomic E-state index is 0.0375. The minimum atomic E-state index is -4.46. The van der Waals surface area contributed by atoms with Gasteiger partial charge in [-0.05, 0) is 102 Å². The number of hydrogen-bond donors (Lipinski definition) is 2. The molecule has 10 heteroatoms. The molecule has 0 bridgehead atoms. The maximum atomic E-state index is 13.6. The summed E-state index contributed by atoms with van der Waals surface area (Å²) in [5.74, 6) is -0.505. The van der Waals surface area contributed by atoms with E-state index in [4.69, 9.17) is 13.8 Å². The van der Waals surface area contributed by atoms with E-state index in [0.717, 1.165) is 89.9 Å². The number of nitrogens with one attached hydrogen (secondary N) is 1. The normalized spacial score (nSPS) is 14.0. The number of likely N-dealkylation sites (N-methyl/N-ethyl adjacent to an activating group) is 1. The van der Waals surface area contributed by atoms with Crippen LogP contribution in [0.15, 0.2) is 72.9 Å². The predicted molar refractivity (Wildman–Crippen MR) is 360 cm³/mol. The van der Waals surface area contributed by atoms with Crippen molar-refractivity contribution in [2.24, 2.45) is 0 Å². The first-order chi connectivity index (χ1) is 40.4. The van der Waals surface area contributed by atoms with Crippen molar-refractivity contribution in [3.8, 4) is 0 Å². The number of esters is 1. The number of allylic oxidation sites excluding steroid dienone is 11. The van der Waals surface area contributed by atoms with E-state index in [1.165, 1.54) is 205 Å². The molecule has 0 fully saturated rings. The molecule has 0 aromatic heterocycles. The summed E-state index contributed by atoms with van der Waals surface area (Å²) >= 11 is 0. The molecule has 0 saturated carbocycles. The highest BCUT2D eigenvalue weighted by Crippen LogP contribution is 2.43. The van der Waals surface area contributed by atoms with Crippen molar-refractivity contribution >= 4 is 19.7 Å². The maximum absolute atomic E-state index is 13.6. The second kappa shape index (κ2) is 62.5. The van der Waals surface area contributed by atoms with Gasteiger partial charge in [0.05, 0.1) is 33.8 Å². The van der Waals surface area contributed by atoms with Gasteiger partial charge in [0, 0.05) is 12.8 Å². The Bertz CT molecular complexity index is 1650. The third-order valence-corrected chi connectivity index (χ3v) is 16.6. The second-order valence-corrected chi connectivity index (χ2v) is 26.5. The van der Waals surface area contributed by atoms with E-state index in [-0.39, 0.29) is 31.5 Å². The zero-order valence-electron chi connectivity index (χ0n) is 55.4. The average Bonchev–Trinajstić information content (AvgIpc) is 3.51. The summed E-state index contributed by atoms with van der Waals surface area (Å²) in [6.45, 7) is 6.98. The van der Waals surface area contributed by atoms with E-state index < -0.39 is 20.0 Å². The summed E-state index contributed by atoms with van der Waals surface area (Å²) in [6, 6.07) is -0.854. The van der Waals surface area contributed by atoms with Gasteiger partial charge in [0.25, 0.3) is 0 Å². The number of unbranched alkanes of at least 4 members (excludes halogenated alkanes) is 38. The van der Waals surface area contributed by atoms with E-state index in [0.29, 0.717) is 17.4 Å². The van der Waals surface area contributed by atoms with Gasteiger partial charge in [-0.1, -0.05) is 287 Å². The van der Waals surface area contributed by atoms with Crippen LogP contribution in [0.5, 0.6) is 0 Å². The van der Waals surface area contributed by atoms with Crippen LogP contribution in [-0.2, 0) is 27.9 Å². The third-order valence-electron chi connectivity index (χ3n) is 15.6. The summed E-state index contributed by atoms with van der Waals surface area (Å²) in [4.78, 5) is 37.9. The smallest absolute Gasteiger partial charge is 0.456 e. The van der Waals surface area contributed by atoms with Gasteiger partial charge in [-0.15, -0.1) is 0 Å². The van der Waals surface area contributed by atoms with Crippen LogP contribution in [0.3, 0.4) is 0 Å². The van der Waals surface area contributed by atoms with E-state index >= 15 is 0 Å². The first-order valence-corrected chi connectivity index (χ1v) is 36.8. The zero-order valence-corrected chi connectivity index (χ0v) is 56.3. The number of carbonyl (C=O) groups excluding carboxylic acids is 2. The number of ether oxygens (including phenoxy) is 1. The van der Waals surface area contributed by atoms with Crippen LogP contribution in [-0.4, -0.2) is 74.3 Å². The fraction of sp³-hybridized carbons (Fsp3) is 0.808. The number of hydrogen-bond acceptors (Lipinski definition) is 6. The van der Waals surface area contributed by atoms with Gasteiger partial charge in [0.2, 0.25) is 5.91 Å². The van der Waals surface area contributed by atoms with Gasteiger partial charge < -0.3 is 19.4 Å². The maximum Gasteiger partial charge on any atom is 0.472 e. The fourth-order valence-corrected chi connectivity index (χ4v) is 10.9. The summed E-state index contributed by atoms with van der Waals surface area (Å²) in [6.07, 6.45) is 82.0. The number of rotatable bonds is 64. The van der Waals surface area contributed by atoms with Crippen LogP contribution in [0.4, 0.5) is 0 Å². The lowest BCUT2D eigenvalue weighted by molar-refractivity contribution is -0.870. The van der Waals surface area contributed by atoms with E-state index in [1.54, 1.807) is 0 Å². The first-order valence-electron chi connectivity index (χ1n) is 35.3. The molecule has 0 rings (SSSR count). The SMILES string of the molecule is CCCCC/C=C\C/C=C\C/C=C\CCCCCCCCCCC(=O)NC(COP(=O)(O)OCC[N+](C)(C)C)C(/C=C/CCCCCCCCCCC)OC(=O)CCCCCCCCCCCCCCCCC/C=C\C/C=C\CCCCC. The van der Waals surface area contributed by atoms with Crippen LogP contribution in [0.2, 0.25) is 0 Å². The molecule has 0 aliphatic carbocycles. The summed E-state index contributed by atoms with van der Waals surface area (Å²) in [5, 5.41) is 3.07. The van der Waals surface area contributed by atoms with E-state index in [2.05, 4.69) is 86.8 Å². The Morgan fingerprint density at radius 2 is 0.735 bits per heavy atom. The number of phosphoric acid groups is 1. The monoisotopic (exact) mass is 1180 g/mol. The molecule has 3 unspecified atom stereocenters. The van der Waals surface area contributed by atoms with Crippen LogP contribution in [0, 0.1) is 0 Å². The Kier molecular flexibility index (Phi) is 60.6. The summed E-state index contributed by atoms with van der Waals surface area (Å²) < 4.78 is 30.8. The summed E-state index contributed by atoms with van der Waals surface area (Å²) in [5.41, 5.74) is 0. The molecule has 0 heterocycles. The molecule has 83 heavy (non-hydrogen) atoms. The number of phosphoric ester groups is 1. The molecule has 0 radical (unpaired) electrons. The Labute approximate surface area is 514 Å². The highest BCUT2D eigenvalue weighted by atomic mass is 31.2.